The summed E-state index contributed by atoms with van der Waals surface area (Å²) >= 11 is 0. The van der Waals surface area contributed by atoms with Gasteiger partial charge in [0.15, 0.2) is 5.78 Å². The van der Waals surface area contributed by atoms with Crippen LogP contribution in [0.4, 0.5) is 11.4 Å². The predicted molar refractivity (Wildman–Crippen MR) is 99.9 cm³/mol. The third-order valence-electron chi connectivity index (χ3n) is 5.72. The number of ketones is 1. The van der Waals surface area contributed by atoms with Gasteiger partial charge in [-0.15, -0.1) is 0 Å². The fourth-order valence-electron chi connectivity index (χ4n) is 3.98. The average molecular weight is 327 g/mol. The maximum Gasteiger partial charge on any atom is 0.178 e. The van der Waals surface area contributed by atoms with Crippen LogP contribution in [-0.2, 0) is 4.79 Å². The van der Waals surface area contributed by atoms with Crippen molar-refractivity contribution in [2.45, 2.75) is 57.4 Å². The zero-order valence-electron chi connectivity index (χ0n) is 14.7. The Hall–Kier alpha value is -1.81. The standard InChI is InChI=1S/C20H29N3O/c1-14-12-17(5-6-18(14)21)23-15(2)19(24)7-4-16-8-11-22-20(13-16)9-3-10-20/h5-6,12,16,22-23H,2-4,7-11,13,21H2,1H3. The van der Waals surface area contributed by atoms with E-state index in [0.717, 1.165) is 29.9 Å². The van der Waals surface area contributed by atoms with Crippen LogP contribution in [0, 0.1) is 12.8 Å². The summed E-state index contributed by atoms with van der Waals surface area (Å²) in [5.41, 5.74) is 9.34. The lowest BCUT2D eigenvalue weighted by molar-refractivity contribution is -0.115. The lowest BCUT2D eigenvalue weighted by Crippen LogP contribution is -2.55. The van der Waals surface area contributed by atoms with Gasteiger partial charge in [-0.2, -0.15) is 0 Å². The molecule has 0 bridgehead atoms. The Kier molecular flexibility index (Phi) is 4.95. The Bertz CT molecular complexity index is 634. The van der Waals surface area contributed by atoms with Gasteiger partial charge < -0.3 is 16.4 Å². The SMILES string of the molecule is C=C(Nc1ccc(N)c(C)c1)C(=O)CCC1CCNC2(CCC2)C1. The highest BCUT2D eigenvalue weighted by atomic mass is 16.1. The molecule has 1 heterocycles. The maximum absolute atomic E-state index is 12.4. The first kappa shape index (κ1) is 17.0. The van der Waals surface area contributed by atoms with Gasteiger partial charge in [-0.1, -0.05) is 6.58 Å². The van der Waals surface area contributed by atoms with Crippen LogP contribution in [0.25, 0.3) is 0 Å². The number of piperidine rings is 1. The Balaban J connectivity index is 1.47. The molecule has 1 aliphatic carbocycles. The smallest absolute Gasteiger partial charge is 0.178 e. The van der Waals surface area contributed by atoms with E-state index in [1.165, 1.54) is 32.1 Å². The molecule has 3 rings (SSSR count). The van der Waals surface area contributed by atoms with E-state index in [2.05, 4.69) is 17.2 Å². The Morgan fingerprint density at radius 2 is 2.25 bits per heavy atom. The zero-order chi connectivity index (χ0) is 17.2. The second-order valence-electron chi connectivity index (χ2n) is 7.56. The maximum atomic E-state index is 12.4. The molecule has 0 radical (unpaired) electrons. The third-order valence-corrected chi connectivity index (χ3v) is 5.72. The minimum atomic E-state index is 0.116. The minimum absolute atomic E-state index is 0.116. The molecule has 1 atom stereocenters. The summed E-state index contributed by atoms with van der Waals surface area (Å²) in [6.45, 7) is 6.97. The van der Waals surface area contributed by atoms with Crippen molar-refractivity contribution in [2.75, 3.05) is 17.6 Å². The molecule has 4 heteroatoms. The number of nitrogen functional groups attached to an aromatic ring is 1. The van der Waals surface area contributed by atoms with Crippen molar-refractivity contribution < 1.29 is 4.79 Å². The quantitative estimate of drug-likeness (QED) is 0.549. The molecule has 1 aromatic rings. The van der Waals surface area contributed by atoms with Crippen LogP contribution in [-0.4, -0.2) is 17.9 Å². The van der Waals surface area contributed by atoms with Crippen LogP contribution in [0.5, 0.6) is 0 Å². The van der Waals surface area contributed by atoms with Crippen LogP contribution in [0.15, 0.2) is 30.5 Å². The van der Waals surface area contributed by atoms with Gasteiger partial charge in [0, 0.05) is 23.3 Å². The van der Waals surface area contributed by atoms with E-state index in [4.69, 9.17) is 5.73 Å². The molecular weight excluding hydrogens is 298 g/mol. The largest absolute Gasteiger partial charge is 0.399 e. The van der Waals surface area contributed by atoms with Crippen LogP contribution in [0.3, 0.4) is 0 Å². The van der Waals surface area contributed by atoms with Crippen LogP contribution in [0.1, 0.15) is 50.5 Å². The van der Waals surface area contributed by atoms with Gasteiger partial charge in [0.2, 0.25) is 0 Å². The highest BCUT2D eigenvalue weighted by Crippen LogP contribution is 2.41. The lowest BCUT2D eigenvalue weighted by atomic mass is 9.68. The van der Waals surface area contributed by atoms with E-state index in [1.54, 1.807) is 0 Å². The predicted octanol–water partition coefficient (Wildman–Crippen LogP) is 3.77. The van der Waals surface area contributed by atoms with Gasteiger partial charge in [0.05, 0.1) is 5.70 Å². The number of benzene rings is 1. The van der Waals surface area contributed by atoms with Gasteiger partial charge in [-0.05, 0) is 81.7 Å². The van der Waals surface area contributed by atoms with Crippen molar-refractivity contribution in [3.63, 3.8) is 0 Å². The average Bonchev–Trinajstić information content (AvgIpc) is 2.54. The highest BCUT2D eigenvalue weighted by molar-refractivity contribution is 5.97. The number of anilines is 2. The molecule has 0 aromatic heterocycles. The summed E-state index contributed by atoms with van der Waals surface area (Å²) in [5, 5.41) is 6.81. The normalized spacial score (nSPS) is 22.0. The number of hydrogen-bond donors (Lipinski definition) is 3. The van der Waals surface area contributed by atoms with Crippen molar-refractivity contribution in [3.05, 3.63) is 36.0 Å². The van der Waals surface area contributed by atoms with Crippen LogP contribution in [0.2, 0.25) is 0 Å². The van der Waals surface area contributed by atoms with Gasteiger partial charge in [-0.25, -0.2) is 0 Å². The van der Waals surface area contributed by atoms with Crippen LogP contribution < -0.4 is 16.4 Å². The number of nitrogens with two attached hydrogens (primary N) is 1. The summed E-state index contributed by atoms with van der Waals surface area (Å²) in [5.74, 6) is 0.785. The fourth-order valence-corrected chi connectivity index (χ4v) is 3.98. The first-order valence-corrected chi connectivity index (χ1v) is 9.08. The second kappa shape index (κ2) is 6.98. The molecule has 4 N–H and O–H groups in total. The monoisotopic (exact) mass is 327 g/mol. The molecule has 4 nitrogen and oxygen atoms in total. The second-order valence-corrected chi connectivity index (χ2v) is 7.56. The van der Waals surface area contributed by atoms with Crippen molar-refractivity contribution >= 4 is 17.2 Å². The summed E-state index contributed by atoms with van der Waals surface area (Å²) < 4.78 is 0. The molecule has 24 heavy (non-hydrogen) atoms. The van der Waals surface area contributed by atoms with Gasteiger partial charge >= 0.3 is 0 Å². The van der Waals surface area contributed by atoms with Crippen molar-refractivity contribution in [1.82, 2.24) is 5.32 Å². The van der Waals surface area contributed by atoms with Crippen molar-refractivity contribution in [2.24, 2.45) is 5.92 Å². The number of carbonyl (C=O) groups is 1. The minimum Gasteiger partial charge on any atom is -0.399 e. The number of hydrogen-bond acceptors (Lipinski definition) is 4. The molecule has 0 amide bonds. The third kappa shape index (κ3) is 3.81. The number of Topliss-reactive ketones (excluding diaryl/α,β-unsaturated/α-hetero) is 1. The molecular formula is C20H29N3O. The van der Waals surface area contributed by atoms with Crippen LogP contribution >= 0.6 is 0 Å². The lowest BCUT2D eigenvalue weighted by Gasteiger charge is -2.48. The molecule has 1 unspecified atom stereocenters. The molecule has 1 saturated heterocycles. The van der Waals surface area contributed by atoms with Gasteiger partial charge in [-0.3, -0.25) is 4.79 Å². The van der Waals surface area contributed by atoms with E-state index in [0.29, 0.717) is 23.6 Å². The summed E-state index contributed by atoms with van der Waals surface area (Å²) in [6.07, 6.45) is 7.94. The topological polar surface area (TPSA) is 67.1 Å². The number of aryl methyl sites for hydroxylation is 1. The van der Waals surface area contributed by atoms with Crippen molar-refractivity contribution in [1.29, 1.82) is 0 Å². The number of allylic oxidation sites excluding steroid dienone is 1. The first-order chi connectivity index (χ1) is 11.5. The Morgan fingerprint density at radius 1 is 1.46 bits per heavy atom. The highest BCUT2D eigenvalue weighted by Gasteiger charge is 2.40. The number of nitrogens with one attached hydrogen (secondary N) is 2. The fraction of sp³-hybridized carbons (Fsp3) is 0.550. The first-order valence-electron chi connectivity index (χ1n) is 9.08. The molecule has 2 aliphatic rings. The van der Waals surface area contributed by atoms with E-state index in [-0.39, 0.29) is 5.78 Å². The van der Waals surface area contributed by atoms with E-state index >= 15 is 0 Å². The van der Waals surface area contributed by atoms with E-state index < -0.39 is 0 Å². The summed E-state index contributed by atoms with van der Waals surface area (Å²) in [7, 11) is 0. The Labute approximate surface area is 144 Å². The number of rotatable bonds is 6. The van der Waals surface area contributed by atoms with Gasteiger partial charge in [0.1, 0.15) is 0 Å². The zero-order valence-corrected chi connectivity index (χ0v) is 14.7. The van der Waals surface area contributed by atoms with E-state index in [1.807, 2.05) is 25.1 Å². The Morgan fingerprint density at radius 3 is 2.92 bits per heavy atom. The molecule has 2 fully saturated rings. The summed E-state index contributed by atoms with van der Waals surface area (Å²) in [4.78, 5) is 12.4. The molecule has 1 saturated carbocycles. The summed E-state index contributed by atoms with van der Waals surface area (Å²) in [6, 6.07) is 5.68. The molecule has 1 aliphatic heterocycles. The van der Waals surface area contributed by atoms with Gasteiger partial charge in [0.25, 0.3) is 0 Å². The number of carbonyl (C=O) groups excluding carboxylic acids is 1. The van der Waals surface area contributed by atoms with E-state index in [9.17, 15) is 4.79 Å². The van der Waals surface area contributed by atoms with Crippen molar-refractivity contribution in [3.8, 4) is 0 Å². The molecule has 130 valence electrons. The molecule has 1 aromatic carbocycles. The molecule has 1 spiro atoms.